The van der Waals surface area contributed by atoms with Crippen molar-refractivity contribution in [3.8, 4) is 5.75 Å². The van der Waals surface area contributed by atoms with Crippen molar-refractivity contribution in [3.05, 3.63) is 24.3 Å². The van der Waals surface area contributed by atoms with Crippen LogP contribution in [0.5, 0.6) is 5.75 Å². The van der Waals surface area contributed by atoms with Gasteiger partial charge < -0.3 is 10.1 Å². The lowest BCUT2D eigenvalue weighted by Gasteiger charge is -2.29. The number of hydrogen-bond acceptors (Lipinski definition) is 4. The molecule has 7 nitrogen and oxygen atoms in total. The summed E-state index contributed by atoms with van der Waals surface area (Å²) in [5, 5.41) is 7.94. The summed E-state index contributed by atoms with van der Waals surface area (Å²) in [5.41, 5.74) is 0.694. The summed E-state index contributed by atoms with van der Waals surface area (Å²) in [6.07, 6.45) is 1.03. The van der Waals surface area contributed by atoms with Gasteiger partial charge in [0.1, 0.15) is 5.75 Å². The first-order chi connectivity index (χ1) is 10.8. The molecule has 0 saturated carbocycles. The van der Waals surface area contributed by atoms with Crippen LogP contribution in [-0.2, 0) is 15.0 Å². The number of hydrogen-bond donors (Lipinski definition) is 2. The van der Waals surface area contributed by atoms with Crippen LogP contribution in [0, 0.1) is 5.92 Å². The molecule has 128 valence electrons. The number of carbonyl (C=O) groups excluding carboxylic acids is 1. The van der Waals surface area contributed by atoms with E-state index < -0.39 is 10.2 Å². The fraction of sp³-hybridized carbons (Fsp3) is 0.533. The van der Waals surface area contributed by atoms with Gasteiger partial charge in [0.2, 0.25) is 5.91 Å². The van der Waals surface area contributed by atoms with Crippen LogP contribution in [0.3, 0.4) is 0 Å². The Balaban J connectivity index is 1.88. The van der Waals surface area contributed by atoms with E-state index >= 15 is 0 Å². The Morgan fingerprint density at radius 3 is 2.30 bits per heavy atom. The van der Waals surface area contributed by atoms with Crippen LogP contribution in [0.15, 0.2) is 24.3 Å². The maximum absolute atomic E-state index is 12.2. The monoisotopic (exact) mass is 341 g/mol. The van der Waals surface area contributed by atoms with E-state index in [1.54, 1.807) is 24.3 Å². The zero-order valence-electron chi connectivity index (χ0n) is 13.4. The molecule has 1 fully saturated rings. The first-order valence-electron chi connectivity index (χ1n) is 7.61. The third kappa shape index (κ3) is 5.19. The number of amides is 1. The molecule has 1 saturated heterocycles. The van der Waals surface area contributed by atoms with Gasteiger partial charge in [-0.2, -0.15) is 12.7 Å². The molecular formula is C15H23N3O4S. The standard InChI is InChI=1S/C15H23N3O4S/c1-11(2)22-14-5-3-13(4-6-14)17-15(19)12-7-9-18(10-8-12)23(16,20)21/h3-6,11-12H,7-10H2,1-2H3,(H,17,19)(H2,16,20,21). The molecule has 2 rings (SSSR count). The zero-order valence-corrected chi connectivity index (χ0v) is 14.2. The molecule has 1 aliphatic rings. The smallest absolute Gasteiger partial charge is 0.276 e. The lowest BCUT2D eigenvalue weighted by molar-refractivity contribution is -0.120. The quantitative estimate of drug-likeness (QED) is 0.843. The average Bonchev–Trinajstić information content (AvgIpc) is 2.48. The number of nitrogens with one attached hydrogen (secondary N) is 1. The second-order valence-electron chi connectivity index (χ2n) is 5.90. The second-order valence-corrected chi connectivity index (χ2v) is 7.44. The van der Waals surface area contributed by atoms with Crippen LogP contribution in [-0.4, -0.2) is 37.8 Å². The van der Waals surface area contributed by atoms with E-state index in [0.29, 0.717) is 18.5 Å². The molecule has 8 heteroatoms. The first-order valence-corrected chi connectivity index (χ1v) is 9.11. The van der Waals surface area contributed by atoms with E-state index in [-0.39, 0.29) is 31.0 Å². The molecule has 1 aromatic carbocycles. The predicted molar refractivity (Wildman–Crippen MR) is 88.2 cm³/mol. The van der Waals surface area contributed by atoms with Crippen LogP contribution in [0.1, 0.15) is 26.7 Å². The Bertz CT molecular complexity index is 635. The lowest BCUT2D eigenvalue weighted by Crippen LogP contribution is -2.44. The molecule has 0 aromatic heterocycles. The van der Waals surface area contributed by atoms with Crippen LogP contribution >= 0.6 is 0 Å². The number of nitrogens with two attached hydrogens (primary N) is 1. The zero-order chi connectivity index (χ0) is 17.0. The lowest BCUT2D eigenvalue weighted by atomic mass is 9.97. The van der Waals surface area contributed by atoms with Crippen LogP contribution in [0.2, 0.25) is 0 Å². The Hall–Kier alpha value is -1.64. The molecule has 23 heavy (non-hydrogen) atoms. The molecule has 0 aliphatic carbocycles. The van der Waals surface area contributed by atoms with Crippen molar-refractivity contribution in [3.63, 3.8) is 0 Å². The fourth-order valence-corrected chi connectivity index (χ4v) is 3.23. The van der Waals surface area contributed by atoms with Crippen molar-refractivity contribution in [2.45, 2.75) is 32.8 Å². The van der Waals surface area contributed by atoms with Crippen molar-refractivity contribution >= 4 is 21.8 Å². The third-order valence-electron chi connectivity index (χ3n) is 3.68. The highest BCUT2D eigenvalue weighted by molar-refractivity contribution is 7.86. The van der Waals surface area contributed by atoms with Crippen molar-refractivity contribution in [1.29, 1.82) is 0 Å². The molecule has 1 aliphatic heterocycles. The average molecular weight is 341 g/mol. The van der Waals surface area contributed by atoms with E-state index in [0.717, 1.165) is 5.75 Å². The molecule has 1 aromatic rings. The summed E-state index contributed by atoms with van der Waals surface area (Å²) in [5.74, 6) is 0.440. The summed E-state index contributed by atoms with van der Waals surface area (Å²) in [6.45, 7) is 4.45. The van der Waals surface area contributed by atoms with E-state index in [1.165, 1.54) is 4.31 Å². The number of ether oxygens (including phenoxy) is 1. The van der Waals surface area contributed by atoms with Crippen molar-refractivity contribution in [2.75, 3.05) is 18.4 Å². The van der Waals surface area contributed by atoms with E-state index in [4.69, 9.17) is 9.88 Å². The molecule has 0 unspecified atom stereocenters. The molecule has 1 heterocycles. The molecule has 1 amide bonds. The van der Waals surface area contributed by atoms with Gasteiger partial charge in [0.25, 0.3) is 10.2 Å². The van der Waals surface area contributed by atoms with Gasteiger partial charge in [-0.1, -0.05) is 0 Å². The SMILES string of the molecule is CC(C)Oc1ccc(NC(=O)C2CCN(S(N)(=O)=O)CC2)cc1. The van der Waals surface area contributed by atoms with Gasteiger partial charge >= 0.3 is 0 Å². The van der Waals surface area contributed by atoms with E-state index in [9.17, 15) is 13.2 Å². The summed E-state index contributed by atoms with van der Waals surface area (Å²) < 4.78 is 29.3. The topological polar surface area (TPSA) is 102 Å². The Morgan fingerprint density at radius 2 is 1.83 bits per heavy atom. The number of benzene rings is 1. The van der Waals surface area contributed by atoms with Crippen LogP contribution in [0.25, 0.3) is 0 Å². The maximum atomic E-state index is 12.2. The second kappa shape index (κ2) is 7.29. The van der Waals surface area contributed by atoms with Gasteiger partial charge in [0.15, 0.2) is 0 Å². The van der Waals surface area contributed by atoms with E-state index in [1.807, 2.05) is 13.8 Å². The number of nitrogens with zero attached hydrogens (tertiary/aromatic N) is 1. The van der Waals surface area contributed by atoms with Gasteiger partial charge in [0, 0.05) is 24.7 Å². The highest BCUT2D eigenvalue weighted by atomic mass is 32.2. The van der Waals surface area contributed by atoms with Gasteiger partial charge in [-0.25, -0.2) is 5.14 Å². The number of anilines is 1. The normalized spacial score (nSPS) is 17.2. The van der Waals surface area contributed by atoms with Crippen molar-refractivity contribution < 1.29 is 17.9 Å². The van der Waals surface area contributed by atoms with Crippen molar-refractivity contribution in [1.82, 2.24) is 4.31 Å². The van der Waals surface area contributed by atoms with Crippen molar-refractivity contribution in [2.24, 2.45) is 11.1 Å². The number of rotatable bonds is 5. The van der Waals surface area contributed by atoms with E-state index in [2.05, 4.69) is 5.32 Å². The fourth-order valence-electron chi connectivity index (χ4n) is 2.51. The highest BCUT2D eigenvalue weighted by Gasteiger charge is 2.29. The largest absolute Gasteiger partial charge is 0.491 e. The Labute approximate surface area is 137 Å². The summed E-state index contributed by atoms with van der Waals surface area (Å²) in [7, 11) is -3.66. The molecule has 0 spiro atoms. The molecular weight excluding hydrogens is 318 g/mol. The summed E-state index contributed by atoms with van der Waals surface area (Å²) in [4.78, 5) is 12.2. The van der Waals surface area contributed by atoms with Gasteiger partial charge in [0.05, 0.1) is 6.10 Å². The molecule has 0 bridgehead atoms. The predicted octanol–water partition coefficient (Wildman–Crippen LogP) is 1.33. The Kier molecular flexibility index (Phi) is 5.61. The Morgan fingerprint density at radius 1 is 1.26 bits per heavy atom. The van der Waals surface area contributed by atoms with Crippen LogP contribution < -0.4 is 15.2 Å². The minimum absolute atomic E-state index is 0.0967. The van der Waals surface area contributed by atoms with Gasteiger partial charge in [-0.15, -0.1) is 0 Å². The minimum atomic E-state index is -3.66. The third-order valence-corrected chi connectivity index (χ3v) is 4.76. The first kappa shape index (κ1) is 17.7. The summed E-state index contributed by atoms with van der Waals surface area (Å²) >= 11 is 0. The molecule has 0 atom stereocenters. The molecule has 3 N–H and O–H groups in total. The van der Waals surface area contributed by atoms with Gasteiger partial charge in [-0.05, 0) is 51.0 Å². The van der Waals surface area contributed by atoms with Gasteiger partial charge in [-0.3, -0.25) is 4.79 Å². The number of carbonyl (C=O) groups is 1. The van der Waals surface area contributed by atoms with Crippen LogP contribution in [0.4, 0.5) is 5.69 Å². The number of piperidine rings is 1. The highest BCUT2D eigenvalue weighted by Crippen LogP contribution is 2.22. The maximum Gasteiger partial charge on any atom is 0.276 e. The minimum Gasteiger partial charge on any atom is -0.491 e. The molecule has 0 radical (unpaired) electrons. The summed E-state index contributed by atoms with van der Waals surface area (Å²) in [6, 6.07) is 7.18.